The molecule has 0 saturated carbocycles. The molecule has 2 fully saturated rings. The fourth-order valence-electron chi connectivity index (χ4n) is 4.11. The Hall–Kier alpha value is -1.88. The Bertz CT molecular complexity index is 589. The Morgan fingerprint density at radius 2 is 1.96 bits per heavy atom. The minimum Gasteiger partial charge on any atom is -0.375 e. The van der Waals surface area contributed by atoms with Crippen LogP contribution in [0.3, 0.4) is 0 Å². The summed E-state index contributed by atoms with van der Waals surface area (Å²) in [6, 6.07) is 10.3. The summed E-state index contributed by atoms with van der Waals surface area (Å²) in [6.07, 6.45) is 2.18. The van der Waals surface area contributed by atoms with E-state index >= 15 is 0 Å². The molecule has 3 rings (SSSR count). The van der Waals surface area contributed by atoms with E-state index in [1.807, 2.05) is 30.1 Å². The van der Waals surface area contributed by atoms with Crippen LogP contribution in [0.25, 0.3) is 0 Å². The molecule has 0 spiro atoms. The number of likely N-dealkylation sites (tertiary alicyclic amines) is 2. The summed E-state index contributed by atoms with van der Waals surface area (Å²) < 4.78 is 5.03. The van der Waals surface area contributed by atoms with Crippen molar-refractivity contribution >= 4 is 11.8 Å². The van der Waals surface area contributed by atoms with Crippen molar-refractivity contribution in [2.24, 2.45) is 0 Å². The molecule has 2 amide bonds. The van der Waals surface area contributed by atoms with Crippen LogP contribution >= 0.6 is 0 Å². The van der Waals surface area contributed by atoms with E-state index in [2.05, 4.69) is 12.1 Å². The largest absolute Gasteiger partial charge is 0.375 e. The summed E-state index contributed by atoms with van der Waals surface area (Å²) in [5.74, 6) is 0.0950. The van der Waals surface area contributed by atoms with Gasteiger partial charge < -0.3 is 14.5 Å². The molecule has 2 atom stereocenters. The number of hydrogen-bond acceptors (Lipinski definition) is 3. The van der Waals surface area contributed by atoms with Crippen LogP contribution in [0.2, 0.25) is 0 Å². The summed E-state index contributed by atoms with van der Waals surface area (Å²) >= 11 is 0. The first-order valence-electron chi connectivity index (χ1n) is 8.16. The highest BCUT2D eigenvalue weighted by atomic mass is 16.5. The van der Waals surface area contributed by atoms with Gasteiger partial charge in [-0.05, 0) is 18.4 Å². The normalized spacial score (nSPS) is 27.7. The van der Waals surface area contributed by atoms with Crippen molar-refractivity contribution in [2.75, 3.05) is 33.9 Å². The Balaban J connectivity index is 2.00. The van der Waals surface area contributed by atoms with E-state index in [9.17, 15) is 9.59 Å². The zero-order chi connectivity index (χ0) is 16.4. The third-order valence-electron chi connectivity index (χ3n) is 5.44. The third kappa shape index (κ3) is 2.74. The first-order valence-corrected chi connectivity index (χ1v) is 8.16. The number of benzene rings is 1. The number of ether oxygens (including phenoxy) is 1. The van der Waals surface area contributed by atoms with E-state index in [1.54, 1.807) is 4.90 Å². The summed E-state index contributed by atoms with van der Waals surface area (Å²) in [6.45, 7) is 1.50. The fourth-order valence-corrected chi connectivity index (χ4v) is 4.11. The van der Waals surface area contributed by atoms with Crippen molar-refractivity contribution in [2.45, 2.75) is 30.7 Å². The molecule has 5 heteroatoms. The van der Waals surface area contributed by atoms with Gasteiger partial charge in [-0.2, -0.15) is 0 Å². The molecule has 1 aromatic carbocycles. The molecule has 0 bridgehead atoms. The summed E-state index contributed by atoms with van der Waals surface area (Å²) in [4.78, 5) is 28.5. The van der Waals surface area contributed by atoms with Crippen molar-refractivity contribution in [1.82, 2.24) is 9.80 Å². The van der Waals surface area contributed by atoms with Gasteiger partial charge in [0.25, 0.3) is 0 Å². The Labute approximate surface area is 137 Å². The lowest BCUT2D eigenvalue weighted by atomic mass is 9.71. The first kappa shape index (κ1) is 16.0. The van der Waals surface area contributed by atoms with Crippen LogP contribution < -0.4 is 0 Å². The van der Waals surface area contributed by atoms with Crippen molar-refractivity contribution in [3.8, 4) is 0 Å². The lowest BCUT2D eigenvalue weighted by Gasteiger charge is -2.36. The number of methoxy groups -OCH3 is 1. The second-order valence-electron chi connectivity index (χ2n) is 6.58. The van der Waals surface area contributed by atoms with Crippen LogP contribution in [0.4, 0.5) is 0 Å². The van der Waals surface area contributed by atoms with E-state index in [0.29, 0.717) is 13.0 Å². The van der Waals surface area contributed by atoms with Crippen LogP contribution in [-0.2, 0) is 19.7 Å². The number of fused-ring (bicyclic) bond motifs is 1. The lowest BCUT2D eigenvalue weighted by Crippen LogP contribution is -2.46. The monoisotopic (exact) mass is 316 g/mol. The maximum absolute atomic E-state index is 12.5. The molecule has 2 aliphatic rings. The standard InChI is InChI=1S/C18H24N2O3/c1-19-10-8-18(14-6-4-3-5-7-14)9-11-20(17(22)13-23-2)15(18)12-16(19)21/h3-7,15H,8-13H2,1-2H3/t15-,18-/m1/s1. The van der Waals surface area contributed by atoms with Crippen LogP contribution in [0.5, 0.6) is 0 Å². The Kier molecular flexibility index (Phi) is 4.39. The molecule has 0 aliphatic carbocycles. The predicted molar refractivity (Wildman–Crippen MR) is 87.0 cm³/mol. The van der Waals surface area contributed by atoms with Gasteiger partial charge in [0.1, 0.15) is 6.61 Å². The second kappa shape index (κ2) is 6.32. The van der Waals surface area contributed by atoms with E-state index in [0.717, 1.165) is 19.4 Å². The molecular weight excluding hydrogens is 292 g/mol. The smallest absolute Gasteiger partial charge is 0.248 e. The van der Waals surface area contributed by atoms with E-state index in [1.165, 1.54) is 12.7 Å². The topological polar surface area (TPSA) is 49.9 Å². The number of carbonyl (C=O) groups excluding carboxylic acids is 2. The van der Waals surface area contributed by atoms with E-state index < -0.39 is 0 Å². The molecular formula is C18H24N2O3. The maximum Gasteiger partial charge on any atom is 0.248 e. The van der Waals surface area contributed by atoms with Gasteiger partial charge in [0.05, 0.1) is 6.04 Å². The number of amides is 2. The molecule has 0 aromatic heterocycles. The summed E-state index contributed by atoms with van der Waals surface area (Å²) in [7, 11) is 3.38. The maximum atomic E-state index is 12.5. The highest BCUT2D eigenvalue weighted by Gasteiger charge is 2.52. The van der Waals surface area contributed by atoms with Gasteiger partial charge in [0.2, 0.25) is 11.8 Å². The minimum atomic E-state index is -0.134. The molecule has 2 aliphatic heterocycles. The zero-order valence-electron chi connectivity index (χ0n) is 13.8. The average Bonchev–Trinajstić information content (AvgIpc) is 2.87. The zero-order valence-corrected chi connectivity index (χ0v) is 13.8. The van der Waals surface area contributed by atoms with Gasteiger partial charge in [-0.15, -0.1) is 0 Å². The van der Waals surface area contributed by atoms with Gasteiger partial charge in [-0.3, -0.25) is 9.59 Å². The second-order valence-corrected chi connectivity index (χ2v) is 6.58. The number of hydrogen-bond donors (Lipinski definition) is 0. The lowest BCUT2D eigenvalue weighted by molar-refractivity contribution is -0.138. The summed E-state index contributed by atoms with van der Waals surface area (Å²) in [5.41, 5.74) is 1.10. The Morgan fingerprint density at radius 1 is 1.26 bits per heavy atom. The molecule has 0 unspecified atom stereocenters. The number of carbonyl (C=O) groups is 2. The molecule has 23 heavy (non-hydrogen) atoms. The minimum absolute atomic E-state index is 0.0207. The van der Waals surface area contributed by atoms with Crippen molar-refractivity contribution < 1.29 is 14.3 Å². The molecule has 5 nitrogen and oxygen atoms in total. The van der Waals surface area contributed by atoms with Crippen molar-refractivity contribution in [3.63, 3.8) is 0 Å². The third-order valence-corrected chi connectivity index (χ3v) is 5.44. The Morgan fingerprint density at radius 3 is 2.65 bits per heavy atom. The van der Waals surface area contributed by atoms with Gasteiger partial charge in [0, 0.05) is 39.1 Å². The van der Waals surface area contributed by atoms with Crippen LogP contribution in [0, 0.1) is 0 Å². The number of rotatable bonds is 3. The fraction of sp³-hybridized carbons (Fsp3) is 0.556. The quantitative estimate of drug-likeness (QED) is 0.847. The molecule has 0 N–H and O–H groups in total. The highest BCUT2D eigenvalue weighted by molar-refractivity contribution is 5.82. The van der Waals surface area contributed by atoms with Crippen LogP contribution in [0.1, 0.15) is 24.8 Å². The SMILES string of the molecule is COCC(=O)N1CC[C@@]2(c3ccccc3)CCN(C)C(=O)C[C@@H]12. The van der Waals surface area contributed by atoms with Crippen LogP contribution in [-0.4, -0.2) is 61.5 Å². The van der Waals surface area contributed by atoms with Gasteiger partial charge in [0.15, 0.2) is 0 Å². The molecule has 0 radical (unpaired) electrons. The molecule has 1 aromatic rings. The highest BCUT2D eigenvalue weighted by Crippen LogP contribution is 2.46. The van der Waals surface area contributed by atoms with E-state index in [-0.39, 0.29) is 29.9 Å². The van der Waals surface area contributed by atoms with E-state index in [4.69, 9.17) is 4.74 Å². The van der Waals surface area contributed by atoms with Crippen molar-refractivity contribution in [3.05, 3.63) is 35.9 Å². The van der Waals surface area contributed by atoms with Crippen LogP contribution in [0.15, 0.2) is 30.3 Å². The predicted octanol–water partition coefficient (Wildman–Crippen LogP) is 1.42. The molecule has 2 heterocycles. The van der Waals surface area contributed by atoms with Gasteiger partial charge in [-0.1, -0.05) is 30.3 Å². The molecule has 2 saturated heterocycles. The molecule has 124 valence electrons. The van der Waals surface area contributed by atoms with Gasteiger partial charge in [-0.25, -0.2) is 0 Å². The number of nitrogens with zero attached hydrogens (tertiary/aromatic N) is 2. The van der Waals surface area contributed by atoms with Gasteiger partial charge >= 0.3 is 0 Å². The average molecular weight is 316 g/mol. The van der Waals surface area contributed by atoms with Crippen molar-refractivity contribution in [1.29, 1.82) is 0 Å². The summed E-state index contributed by atoms with van der Waals surface area (Å²) in [5, 5.41) is 0. The first-order chi connectivity index (χ1) is 11.1.